The summed E-state index contributed by atoms with van der Waals surface area (Å²) in [4.78, 5) is 16.8. The summed E-state index contributed by atoms with van der Waals surface area (Å²) in [6.45, 7) is -0.281. The Balaban J connectivity index is 1.87. The molecule has 2 heterocycles. The van der Waals surface area contributed by atoms with E-state index in [0.717, 1.165) is 11.3 Å². The van der Waals surface area contributed by atoms with Crippen LogP contribution < -0.4 is 5.32 Å². The van der Waals surface area contributed by atoms with Gasteiger partial charge in [0, 0.05) is 11.8 Å². The lowest BCUT2D eigenvalue weighted by atomic mass is 10.1. The van der Waals surface area contributed by atoms with Crippen molar-refractivity contribution in [3.8, 4) is 11.3 Å². The molecule has 3 rings (SSSR count). The van der Waals surface area contributed by atoms with Gasteiger partial charge in [-0.25, -0.2) is 0 Å². The third-order valence-corrected chi connectivity index (χ3v) is 3.88. The number of carbonyl (C=O) groups excluding carboxylic acids is 1. The first kappa shape index (κ1) is 16.2. The zero-order valence-corrected chi connectivity index (χ0v) is 13.4. The highest BCUT2D eigenvalue weighted by atomic mass is 35.5. The van der Waals surface area contributed by atoms with Gasteiger partial charge in [-0.1, -0.05) is 23.7 Å². The minimum Gasteiger partial charge on any atom is -0.467 e. The van der Waals surface area contributed by atoms with Crippen LogP contribution in [0.15, 0.2) is 65.4 Å². The fourth-order valence-corrected chi connectivity index (χ4v) is 2.53. The average molecular weight is 343 g/mol. The lowest BCUT2D eigenvalue weighted by molar-refractivity contribution is 0.0907. The second kappa shape index (κ2) is 7.29. The molecular formula is C18H15ClN2O3. The lowest BCUT2D eigenvalue weighted by Gasteiger charge is -2.15. The van der Waals surface area contributed by atoms with Crippen molar-refractivity contribution in [3.05, 3.63) is 77.3 Å². The number of aliphatic hydroxyl groups excluding tert-OH is 1. The van der Waals surface area contributed by atoms with Gasteiger partial charge in [-0.05, 0) is 36.4 Å². The van der Waals surface area contributed by atoms with E-state index in [9.17, 15) is 9.90 Å². The van der Waals surface area contributed by atoms with Gasteiger partial charge in [-0.15, -0.1) is 0 Å². The van der Waals surface area contributed by atoms with Crippen LogP contribution >= 0.6 is 11.6 Å². The third-order valence-electron chi connectivity index (χ3n) is 3.55. The van der Waals surface area contributed by atoms with Crippen LogP contribution in [0, 0.1) is 0 Å². The summed E-state index contributed by atoms with van der Waals surface area (Å²) < 4.78 is 5.23. The predicted molar refractivity (Wildman–Crippen MR) is 90.7 cm³/mol. The number of nitrogens with zero attached hydrogens (tertiary/aromatic N) is 1. The van der Waals surface area contributed by atoms with Crippen LogP contribution in [0.1, 0.15) is 22.2 Å². The first-order valence-electron chi connectivity index (χ1n) is 7.35. The molecule has 0 fully saturated rings. The Morgan fingerprint density at radius 1 is 1.25 bits per heavy atom. The van der Waals surface area contributed by atoms with E-state index in [1.807, 2.05) is 18.2 Å². The lowest BCUT2D eigenvalue weighted by Crippen LogP contribution is -2.30. The van der Waals surface area contributed by atoms with Crippen molar-refractivity contribution in [1.29, 1.82) is 0 Å². The predicted octanol–water partition coefficient (Wildman–Crippen LogP) is 3.46. The van der Waals surface area contributed by atoms with Crippen LogP contribution in [0.3, 0.4) is 0 Å². The molecule has 0 aliphatic heterocycles. The normalized spacial score (nSPS) is 11.9. The van der Waals surface area contributed by atoms with Gasteiger partial charge in [0.15, 0.2) is 0 Å². The van der Waals surface area contributed by atoms with Gasteiger partial charge in [0.2, 0.25) is 0 Å². The van der Waals surface area contributed by atoms with Crippen molar-refractivity contribution in [2.45, 2.75) is 6.04 Å². The molecular weight excluding hydrogens is 328 g/mol. The first-order chi connectivity index (χ1) is 11.7. The summed E-state index contributed by atoms with van der Waals surface area (Å²) in [7, 11) is 0. The molecule has 1 unspecified atom stereocenters. The Morgan fingerprint density at radius 3 is 2.79 bits per heavy atom. The highest BCUT2D eigenvalue weighted by Crippen LogP contribution is 2.24. The average Bonchev–Trinajstić information content (AvgIpc) is 3.15. The summed E-state index contributed by atoms with van der Waals surface area (Å²) in [5.74, 6) is 0.0797. The largest absolute Gasteiger partial charge is 0.467 e. The smallest absolute Gasteiger partial charge is 0.253 e. The molecule has 0 radical (unpaired) electrons. The van der Waals surface area contributed by atoms with Crippen LogP contribution in [-0.4, -0.2) is 22.6 Å². The molecule has 1 atom stereocenters. The maximum absolute atomic E-state index is 12.5. The Morgan fingerprint density at radius 2 is 2.12 bits per heavy atom. The Kier molecular flexibility index (Phi) is 4.93. The number of benzene rings is 1. The van der Waals surface area contributed by atoms with Gasteiger partial charge in [0.25, 0.3) is 5.91 Å². The van der Waals surface area contributed by atoms with Gasteiger partial charge >= 0.3 is 0 Å². The van der Waals surface area contributed by atoms with E-state index in [1.54, 1.807) is 36.5 Å². The summed E-state index contributed by atoms with van der Waals surface area (Å²) in [6, 6.07) is 13.4. The quantitative estimate of drug-likeness (QED) is 0.744. The SMILES string of the molecule is O=C(NC(CO)c1ccco1)c1cc(-c2ccccn2)ccc1Cl. The number of furan rings is 1. The van der Waals surface area contributed by atoms with E-state index < -0.39 is 11.9 Å². The zero-order valence-electron chi connectivity index (χ0n) is 12.6. The van der Waals surface area contributed by atoms with Crippen molar-refractivity contribution in [3.63, 3.8) is 0 Å². The number of carbonyl (C=O) groups is 1. The number of hydrogen-bond acceptors (Lipinski definition) is 4. The van der Waals surface area contributed by atoms with Crippen molar-refractivity contribution in [1.82, 2.24) is 10.3 Å². The fourth-order valence-electron chi connectivity index (χ4n) is 2.32. The molecule has 1 amide bonds. The van der Waals surface area contributed by atoms with Crippen LogP contribution in [0.25, 0.3) is 11.3 Å². The minimum atomic E-state index is -0.637. The molecule has 0 bridgehead atoms. The number of pyridine rings is 1. The van der Waals surface area contributed by atoms with Gasteiger partial charge in [0.05, 0.1) is 29.2 Å². The number of nitrogens with one attached hydrogen (secondary N) is 1. The number of aliphatic hydroxyl groups is 1. The van der Waals surface area contributed by atoms with Crippen LogP contribution in [0.5, 0.6) is 0 Å². The molecule has 5 nitrogen and oxygen atoms in total. The summed E-state index contributed by atoms with van der Waals surface area (Å²) in [6.07, 6.45) is 3.17. The molecule has 122 valence electrons. The minimum absolute atomic E-state index is 0.281. The molecule has 1 aromatic carbocycles. The first-order valence-corrected chi connectivity index (χ1v) is 7.73. The Labute approximate surface area is 143 Å². The summed E-state index contributed by atoms with van der Waals surface area (Å²) >= 11 is 6.16. The van der Waals surface area contributed by atoms with Crippen molar-refractivity contribution >= 4 is 17.5 Å². The van der Waals surface area contributed by atoms with Gasteiger partial charge in [0.1, 0.15) is 11.8 Å². The maximum atomic E-state index is 12.5. The summed E-state index contributed by atoms with van der Waals surface area (Å²) in [5.41, 5.74) is 1.83. The van der Waals surface area contributed by atoms with Crippen molar-refractivity contribution in [2.24, 2.45) is 0 Å². The second-order valence-electron chi connectivity index (χ2n) is 5.13. The van der Waals surface area contributed by atoms with Crippen molar-refractivity contribution in [2.75, 3.05) is 6.61 Å². The molecule has 0 saturated heterocycles. The van der Waals surface area contributed by atoms with Crippen LogP contribution in [0.4, 0.5) is 0 Å². The number of amides is 1. The number of rotatable bonds is 5. The van der Waals surface area contributed by atoms with Gasteiger partial charge in [-0.2, -0.15) is 0 Å². The summed E-state index contributed by atoms with van der Waals surface area (Å²) in [5, 5.41) is 12.5. The molecule has 3 aromatic rings. The van der Waals surface area contributed by atoms with Gasteiger partial charge in [-0.3, -0.25) is 9.78 Å². The topological polar surface area (TPSA) is 75.4 Å². The van der Waals surface area contributed by atoms with E-state index in [2.05, 4.69) is 10.3 Å². The van der Waals surface area contributed by atoms with Gasteiger partial charge < -0.3 is 14.8 Å². The molecule has 0 aliphatic carbocycles. The van der Waals surface area contributed by atoms with E-state index in [1.165, 1.54) is 6.26 Å². The Hall–Kier alpha value is -2.63. The highest BCUT2D eigenvalue weighted by molar-refractivity contribution is 6.34. The van der Waals surface area contributed by atoms with E-state index >= 15 is 0 Å². The number of aromatic nitrogens is 1. The highest BCUT2D eigenvalue weighted by Gasteiger charge is 2.19. The number of halogens is 1. The fraction of sp³-hybridized carbons (Fsp3) is 0.111. The van der Waals surface area contributed by atoms with E-state index in [-0.39, 0.29) is 6.61 Å². The van der Waals surface area contributed by atoms with Crippen LogP contribution in [0.2, 0.25) is 5.02 Å². The molecule has 6 heteroatoms. The zero-order chi connectivity index (χ0) is 16.9. The third kappa shape index (κ3) is 3.48. The standard InChI is InChI=1S/C18H15ClN2O3/c19-14-7-6-12(15-4-1-2-8-20-15)10-13(14)18(23)21-16(11-22)17-5-3-9-24-17/h1-10,16,22H,11H2,(H,21,23). The molecule has 0 saturated carbocycles. The molecule has 0 spiro atoms. The van der Waals surface area contributed by atoms with E-state index in [0.29, 0.717) is 16.3 Å². The maximum Gasteiger partial charge on any atom is 0.253 e. The Bertz CT molecular complexity index is 820. The van der Waals surface area contributed by atoms with E-state index in [4.69, 9.17) is 16.0 Å². The molecule has 0 aliphatic rings. The second-order valence-corrected chi connectivity index (χ2v) is 5.54. The monoisotopic (exact) mass is 342 g/mol. The van der Waals surface area contributed by atoms with Crippen molar-refractivity contribution < 1.29 is 14.3 Å². The molecule has 2 N–H and O–H groups in total. The van der Waals surface area contributed by atoms with Crippen LogP contribution in [-0.2, 0) is 0 Å². The number of hydrogen-bond donors (Lipinski definition) is 2. The molecule has 2 aromatic heterocycles. The molecule has 24 heavy (non-hydrogen) atoms.